The largest absolute Gasteiger partial charge is 0.389 e. The first-order chi connectivity index (χ1) is 11.2. The van der Waals surface area contributed by atoms with Gasteiger partial charge in [0.15, 0.2) is 0 Å². The normalized spacial score (nSPS) is 28.6. The van der Waals surface area contributed by atoms with Gasteiger partial charge in [0.1, 0.15) is 6.54 Å². The van der Waals surface area contributed by atoms with Crippen LogP contribution in [0.2, 0.25) is 0 Å². The summed E-state index contributed by atoms with van der Waals surface area (Å²) >= 11 is 0. The van der Waals surface area contributed by atoms with Gasteiger partial charge >= 0.3 is 0 Å². The highest BCUT2D eigenvalue weighted by Crippen LogP contribution is 2.40. The third kappa shape index (κ3) is 3.07. The summed E-state index contributed by atoms with van der Waals surface area (Å²) in [4.78, 5) is 14.0. The van der Waals surface area contributed by atoms with Crippen molar-refractivity contribution in [1.82, 2.24) is 19.0 Å². The molecule has 2 aliphatic heterocycles. The van der Waals surface area contributed by atoms with Crippen LogP contribution in [0.4, 0.5) is 0 Å². The lowest BCUT2D eigenvalue weighted by molar-refractivity contribution is -0.138. The third-order valence-corrected chi connectivity index (χ3v) is 6.46. The first-order valence-electron chi connectivity index (χ1n) is 8.15. The van der Waals surface area contributed by atoms with Crippen molar-refractivity contribution in [3.63, 3.8) is 0 Å². The highest BCUT2D eigenvalue weighted by molar-refractivity contribution is 7.88. The van der Waals surface area contributed by atoms with Gasteiger partial charge in [-0.25, -0.2) is 8.42 Å². The number of piperidine rings is 1. The Morgan fingerprint density at radius 3 is 2.75 bits per heavy atom. The Kier molecular flexibility index (Phi) is 4.43. The molecule has 2 fully saturated rings. The number of amides is 1. The lowest BCUT2D eigenvalue weighted by Crippen LogP contribution is -2.63. The highest BCUT2D eigenvalue weighted by Gasteiger charge is 2.53. The van der Waals surface area contributed by atoms with Crippen molar-refractivity contribution in [2.24, 2.45) is 0 Å². The summed E-state index contributed by atoms with van der Waals surface area (Å²) in [6.07, 6.45) is 5.64. The van der Waals surface area contributed by atoms with Crippen LogP contribution in [0.5, 0.6) is 0 Å². The third-order valence-electron chi connectivity index (χ3n) is 5.11. The molecule has 0 aromatic carbocycles. The van der Waals surface area contributed by atoms with Gasteiger partial charge in [0, 0.05) is 25.8 Å². The fourth-order valence-electron chi connectivity index (χ4n) is 3.94. The molecule has 0 bridgehead atoms. The van der Waals surface area contributed by atoms with Gasteiger partial charge in [-0.1, -0.05) is 0 Å². The van der Waals surface area contributed by atoms with E-state index in [-0.39, 0.29) is 19.0 Å². The number of aromatic nitrogens is 2. The second-order valence-corrected chi connectivity index (χ2v) is 8.77. The quantitative estimate of drug-likeness (QED) is 0.793. The molecule has 9 heteroatoms. The van der Waals surface area contributed by atoms with Gasteiger partial charge in [-0.15, -0.1) is 0 Å². The minimum Gasteiger partial charge on any atom is -0.389 e. The molecule has 0 aliphatic carbocycles. The second kappa shape index (κ2) is 6.12. The Morgan fingerprint density at radius 1 is 1.42 bits per heavy atom. The summed E-state index contributed by atoms with van der Waals surface area (Å²) in [6, 6.07) is 0. The van der Waals surface area contributed by atoms with Gasteiger partial charge in [0.05, 0.1) is 24.1 Å². The van der Waals surface area contributed by atoms with Crippen LogP contribution in [0.25, 0.3) is 0 Å². The second-order valence-electron chi connectivity index (χ2n) is 6.86. The van der Waals surface area contributed by atoms with Crippen molar-refractivity contribution in [2.75, 3.05) is 25.9 Å². The van der Waals surface area contributed by atoms with E-state index in [4.69, 9.17) is 0 Å². The van der Waals surface area contributed by atoms with E-state index in [0.717, 1.165) is 12.0 Å². The molecule has 1 spiro atoms. The number of aliphatic hydroxyl groups is 1. The molecule has 0 radical (unpaired) electrons. The van der Waals surface area contributed by atoms with Crippen LogP contribution in [0, 0.1) is 6.92 Å². The summed E-state index contributed by atoms with van der Waals surface area (Å²) in [5, 5.41) is 14.8. The smallest absolute Gasteiger partial charge is 0.244 e. The average molecular weight is 356 g/mol. The van der Waals surface area contributed by atoms with Crippen molar-refractivity contribution in [1.29, 1.82) is 0 Å². The number of carbonyl (C=O) groups excluding carboxylic acids is 1. The zero-order valence-corrected chi connectivity index (χ0v) is 14.9. The predicted octanol–water partition coefficient (Wildman–Crippen LogP) is -0.421. The topological polar surface area (TPSA) is 95.7 Å². The van der Waals surface area contributed by atoms with E-state index in [1.807, 2.05) is 6.92 Å². The fourth-order valence-corrected chi connectivity index (χ4v) is 5.36. The molecular weight excluding hydrogens is 332 g/mol. The van der Waals surface area contributed by atoms with E-state index in [2.05, 4.69) is 5.10 Å². The van der Waals surface area contributed by atoms with Crippen LogP contribution < -0.4 is 0 Å². The van der Waals surface area contributed by atoms with E-state index >= 15 is 0 Å². The molecule has 1 amide bonds. The maximum Gasteiger partial charge on any atom is 0.244 e. The van der Waals surface area contributed by atoms with Crippen molar-refractivity contribution >= 4 is 15.9 Å². The van der Waals surface area contributed by atoms with Gasteiger partial charge in [-0.3, -0.25) is 9.48 Å². The summed E-state index contributed by atoms with van der Waals surface area (Å²) in [6.45, 7) is 3.08. The van der Waals surface area contributed by atoms with Crippen LogP contribution in [0.3, 0.4) is 0 Å². The predicted molar refractivity (Wildman–Crippen MR) is 87.7 cm³/mol. The van der Waals surface area contributed by atoms with Crippen LogP contribution in [-0.2, 0) is 21.4 Å². The molecule has 0 saturated carbocycles. The van der Waals surface area contributed by atoms with E-state index in [9.17, 15) is 18.3 Å². The number of carbonyl (C=O) groups is 1. The van der Waals surface area contributed by atoms with Crippen LogP contribution in [-0.4, -0.2) is 76.0 Å². The molecule has 2 aliphatic rings. The molecule has 3 rings (SSSR count). The number of aryl methyl sites for hydroxylation is 1. The number of nitrogens with zero attached hydrogens (tertiary/aromatic N) is 4. The maximum atomic E-state index is 12.4. The number of β-amino-alcohol motifs (C(OH)–C–C–N with tert-alkyl or cyclic N) is 1. The molecule has 8 nitrogen and oxygen atoms in total. The summed E-state index contributed by atoms with van der Waals surface area (Å²) in [5.74, 6) is -0.115. The summed E-state index contributed by atoms with van der Waals surface area (Å²) in [5.41, 5.74) is 0.224. The first-order valence-corrected chi connectivity index (χ1v) is 10.00. The average Bonchev–Trinajstić information content (AvgIpc) is 3.09. The number of sulfonamides is 1. The molecule has 1 aromatic heterocycles. The fraction of sp³-hybridized carbons (Fsp3) is 0.733. The van der Waals surface area contributed by atoms with Crippen molar-refractivity contribution in [2.45, 2.75) is 44.4 Å². The molecule has 24 heavy (non-hydrogen) atoms. The molecular formula is C15H24N4O4S. The van der Waals surface area contributed by atoms with E-state index in [1.165, 1.54) is 10.6 Å². The van der Waals surface area contributed by atoms with Gasteiger partial charge < -0.3 is 10.0 Å². The van der Waals surface area contributed by atoms with Crippen LogP contribution in [0.15, 0.2) is 12.4 Å². The van der Waals surface area contributed by atoms with Gasteiger partial charge in [-0.05, 0) is 31.7 Å². The molecule has 2 atom stereocenters. The Labute approximate surface area is 142 Å². The Balaban J connectivity index is 1.70. The minimum absolute atomic E-state index is 0.115. The van der Waals surface area contributed by atoms with E-state index < -0.39 is 21.7 Å². The number of rotatable bonds is 3. The number of likely N-dealkylation sites (tertiary alicyclic amines) is 1. The van der Waals surface area contributed by atoms with Crippen LogP contribution >= 0.6 is 0 Å². The zero-order chi connectivity index (χ0) is 17.5. The lowest BCUT2D eigenvalue weighted by atomic mass is 9.83. The Morgan fingerprint density at radius 2 is 2.17 bits per heavy atom. The molecule has 1 aromatic rings. The highest BCUT2D eigenvalue weighted by atomic mass is 32.2. The lowest BCUT2D eigenvalue weighted by Gasteiger charge is -2.47. The summed E-state index contributed by atoms with van der Waals surface area (Å²) < 4.78 is 27.1. The van der Waals surface area contributed by atoms with Gasteiger partial charge in [0.2, 0.25) is 15.9 Å². The van der Waals surface area contributed by atoms with E-state index in [1.54, 1.807) is 22.0 Å². The van der Waals surface area contributed by atoms with Crippen LogP contribution in [0.1, 0.15) is 24.8 Å². The molecule has 1 N–H and O–H groups in total. The SMILES string of the molecule is Cc1cnn(CC(=O)N2CC[C@@]3(CCCN3S(C)(=O)=O)[C@@H](O)C2)c1. The minimum atomic E-state index is -3.37. The first kappa shape index (κ1) is 17.4. The van der Waals surface area contributed by atoms with Crippen molar-refractivity contribution < 1.29 is 18.3 Å². The van der Waals surface area contributed by atoms with Crippen molar-refractivity contribution in [3.05, 3.63) is 18.0 Å². The monoisotopic (exact) mass is 356 g/mol. The molecule has 134 valence electrons. The zero-order valence-electron chi connectivity index (χ0n) is 14.1. The molecule has 3 heterocycles. The maximum absolute atomic E-state index is 12.4. The Bertz CT molecular complexity index is 732. The van der Waals surface area contributed by atoms with Gasteiger partial charge in [0.25, 0.3) is 0 Å². The van der Waals surface area contributed by atoms with Crippen molar-refractivity contribution in [3.8, 4) is 0 Å². The number of hydrogen-bond acceptors (Lipinski definition) is 5. The molecule has 2 saturated heterocycles. The standard InChI is InChI=1S/C15H24N4O4S/c1-12-8-16-18(9-12)11-14(21)17-7-5-15(13(20)10-17)4-3-6-19(15)24(2,22)23/h8-9,13,20H,3-7,10-11H2,1-2H3/t13-,15-/m0/s1. The van der Waals surface area contributed by atoms with E-state index in [0.29, 0.717) is 25.9 Å². The number of hydrogen-bond donors (Lipinski definition) is 1. The summed E-state index contributed by atoms with van der Waals surface area (Å²) in [7, 11) is -3.37. The van der Waals surface area contributed by atoms with Gasteiger partial charge in [-0.2, -0.15) is 9.40 Å². The number of aliphatic hydroxyl groups excluding tert-OH is 1. The molecule has 0 unspecified atom stereocenters. The Hall–Kier alpha value is -1.45.